The van der Waals surface area contributed by atoms with Crippen molar-refractivity contribution in [1.29, 1.82) is 0 Å². The smallest absolute Gasteiger partial charge is 0.311 e. The summed E-state index contributed by atoms with van der Waals surface area (Å²) in [5.41, 5.74) is -1.08. The fourth-order valence-corrected chi connectivity index (χ4v) is 2.66. The average molecular weight is 235 g/mol. The van der Waals surface area contributed by atoms with Crippen LogP contribution in [0.4, 0.5) is 0 Å². The molecule has 0 heterocycles. The molecular formula is C10H19O4S-. The van der Waals surface area contributed by atoms with Crippen molar-refractivity contribution in [2.24, 2.45) is 10.8 Å². The molecule has 0 saturated heterocycles. The molecule has 0 radical (unpaired) electrons. The topological polar surface area (TPSA) is 66.4 Å². The monoisotopic (exact) mass is 235 g/mol. The summed E-state index contributed by atoms with van der Waals surface area (Å²) < 4.78 is 25.9. The Balaban J connectivity index is 4.56. The van der Waals surface area contributed by atoms with Crippen molar-refractivity contribution in [1.82, 2.24) is 0 Å². The summed E-state index contributed by atoms with van der Waals surface area (Å²) in [5, 5.41) is 0. The number of hydrogen-bond acceptors (Lipinski definition) is 4. The largest absolute Gasteiger partial charge is 0.772 e. The molecule has 0 aromatic heterocycles. The third kappa shape index (κ3) is 5.28. The van der Waals surface area contributed by atoms with E-state index < -0.39 is 21.9 Å². The molecule has 0 fully saturated rings. The van der Waals surface area contributed by atoms with Gasteiger partial charge in [0.25, 0.3) is 0 Å². The molecular weight excluding hydrogens is 216 g/mol. The lowest BCUT2D eigenvalue weighted by Crippen LogP contribution is -2.34. The summed E-state index contributed by atoms with van der Waals surface area (Å²) in [6.07, 6.45) is 0.473. The quantitative estimate of drug-likeness (QED) is 0.535. The van der Waals surface area contributed by atoms with Gasteiger partial charge in [0.2, 0.25) is 0 Å². The first kappa shape index (κ1) is 14.6. The van der Waals surface area contributed by atoms with Crippen LogP contribution < -0.4 is 0 Å². The standard InChI is InChI=1S/C10H20O4S/c1-9(2,7-15(12)13)6-10(3,4)8(11)14-5/h6-7H2,1-5H3,(H,12,13)/p-1. The lowest BCUT2D eigenvalue weighted by atomic mass is 9.76. The molecule has 0 aliphatic rings. The number of esters is 1. The molecule has 90 valence electrons. The van der Waals surface area contributed by atoms with Crippen LogP contribution in [-0.4, -0.2) is 27.6 Å². The highest BCUT2D eigenvalue weighted by Gasteiger charge is 2.35. The highest BCUT2D eigenvalue weighted by atomic mass is 32.2. The maximum atomic E-state index is 11.4. The minimum atomic E-state index is -2.09. The molecule has 0 aromatic rings. The van der Waals surface area contributed by atoms with E-state index in [0.29, 0.717) is 6.42 Å². The van der Waals surface area contributed by atoms with Gasteiger partial charge in [-0.2, -0.15) is 0 Å². The number of rotatable bonds is 5. The van der Waals surface area contributed by atoms with Gasteiger partial charge in [0.05, 0.1) is 12.5 Å². The Kier molecular flexibility index (Phi) is 4.93. The lowest BCUT2D eigenvalue weighted by Gasteiger charge is -2.33. The van der Waals surface area contributed by atoms with E-state index in [1.807, 2.05) is 13.8 Å². The SMILES string of the molecule is COC(=O)C(C)(C)CC(C)(C)CS(=O)[O-]. The van der Waals surface area contributed by atoms with Gasteiger partial charge >= 0.3 is 5.97 Å². The van der Waals surface area contributed by atoms with Crippen molar-refractivity contribution >= 4 is 17.0 Å². The van der Waals surface area contributed by atoms with Crippen molar-refractivity contribution in [3.63, 3.8) is 0 Å². The van der Waals surface area contributed by atoms with E-state index >= 15 is 0 Å². The summed E-state index contributed by atoms with van der Waals surface area (Å²) in [5.74, 6) is -0.264. The Morgan fingerprint density at radius 1 is 1.33 bits per heavy atom. The zero-order valence-electron chi connectivity index (χ0n) is 9.96. The van der Waals surface area contributed by atoms with Gasteiger partial charge in [-0.05, 0) is 25.7 Å². The van der Waals surface area contributed by atoms with Gasteiger partial charge in [-0.1, -0.05) is 24.9 Å². The predicted molar refractivity (Wildman–Crippen MR) is 58.0 cm³/mol. The van der Waals surface area contributed by atoms with E-state index in [9.17, 15) is 13.6 Å². The summed E-state index contributed by atoms with van der Waals surface area (Å²) >= 11 is -2.09. The molecule has 15 heavy (non-hydrogen) atoms. The Bertz CT molecular complexity index is 258. The molecule has 0 aliphatic carbocycles. The number of carbonyl (C=O) groups is 1. The van der Waals surface area contributed by atoms with Gasteiger partial charge in [-0.15, -0.1) is 0 Å². The Hall–Kier alpha value is -0.420. The molecule has 0 rings (SSSR count). The third-order valence-electron chi connectivity index (χ3n) is 2.17. The molecule has 1 unspecified atom stereocenters. The van der Waals surface area contributed by atoms with E-state index in [0.717, 1.165) is 0 Å². The minimum Gasteiger partial charge on any atom is -0.772 e. The molecule has 5 heteroatoms. The first-order valence-corrected chi connectivity index (χ1v) is 5.99. The van der Waals surface area contributed by atoms with Gasteiger partial charge < -0.3 is 9.29 Å². The van der Waals surface area contributed by atoms with Gasteiger partial charge in [-0.3, -0.25) is 9.00 Å². The minimum absolute atomic E-state index is 0.0490. The van der Waals surface area contributed by atoms with Crippen molar-refractivity contribution < 1.29 is 18.3 Å². The summed E-state index contributed by atoms with van der Waals surface area (Å²) in [6, 6.07) is 0. The van der Waals surface area contributed by atoms with E-state index in [4.69, 9.17) is 0 Å². The van der Waals surface area contributed by atoms with Crippen LogP contribution in [0.25, 0.3) is 0 Å². The molecule has 0 amide bonds. The molecule has 4 nitrogen and oxygen atoms in total. The van der Waals surface area contributed by atoms with Crippen molar-refractivity contribution in [3.05, 3.63) is 0 Å². The van der Waals surface area contributed by atoms with Crippen molar-refractivity contribution in [2.75, 3.05) is 12.9 Å². The van der Waals surface area contributed by atoms with Crippen LogP contribution in [-0.2, 0) is 20.6 Å². The molecule has 0 spiro atoms. The number of methoxy groups -OCH3 is 1. The van der Waals surface area contributed by atoms with Crippen molar-refractivity contribution in [3.8, 4) is 0 Å². The third-order valence-corrected chi connectivity index (χ3v) is 3.18. The second-order valence-electron chi connectivity index (χ2n) is 5.16. The van der Waals surface area contributed by atoms with E-state index in [2.05, 4.69) is 4.74 Å². The second kappa shape index (κ2) is 5.07. The first-order valence-electron chi connectivity index (χ1n) is 4.75. The van der Waals surface area contributed by atoms with E-state index in [-0.39, 0.29) is 11.7 Å². The zero-order chi connectivity index (χ0) is 12.3. The molecule has 0 saturated carbocycles. The van der Waals surface area contributed by atoms with Gasteiger partial charge in [-0.25, -0.2) is 0 Å². The fourth-order valence-electron chi connectivity index (χ4n) is 1.91. The predicted octanol–water partition coefficient (Wildman–Crippen LogP) is 1.48. The second-order valence-corrected chi connectivity index (χ2v) is 6.06. The maximum absolute atomic E-state index is 11.4. The Labute approximate surface area is 93.7 Å². The van der Waals surface area contributed by atoms with Crippen LogP contribution in [0.1, 0.15) is 34.1 Å². The van der Waals surface area contributed by atoms with Crippen LogP contribution in [0.15, 0.2) is 0 Å². The maximum Gasteiger partial charge on any atom is 0.311 e. The van der Waals surface area contributed by atoms with Crippen molar-refractivity contribution in [2.45, 2.75) is 34.1 Å². The number of ether oxygens (including phenoxy) is 1. The highest BCUT2D eigenvalue weighted by molar-refractivity contribution is 7.79. The normalized spacial score (nSPS) is 14.8. The van der Waals surface area contributed by atoms with Crippen LogP contribution in [0.3, 0.4) is 0 Å². The van der Waals surface area contributed by atoms with E-state index in [1.165, 1.54) is 7.11 Å². The van der Waals surface area contributed by atoms with Gasteiger partial charge in [0.15, 0.2) is 0 Å². The van der Waals surface area contributed by atoms with E-state index in [1.54, 1.807) is 13.8 Å². The zero-order valence-corrected chi connectivity index (χ0v) is 10.8. The molecule has 0 bridgehead atoms. The fraction of sp³-hybridized carbons (Fsp3) is 0.900. The Morgan fingerprint density at radius 3 is 2.13 bits per heavy atom. The molecule has 0 aliphatic heterocycles. The summed E-state index contributed by atoms with van der Waals surface area (Å²) in [6.45, 7) is 7.17. The number of hydrogen-bond donors (Lipinski definition) is 0. The van der Waals surface area contributed by atoms with Crippen LogP contribution in [0.2, 0.25) is 0 Å². The lowest BCUT2D eigenvalue weighted by molar-refractivity contribution is -0.152. The summed E-state index contributed by atoms with van der Waals surface area (Å²) in [7, 11) is 1.34. The summed E-state index contributed by atoms with van der Waals surface area (Å²) in [4.78, 5) is 11.4. The molecule has 1 atom stereocenters. The first-order chi connectivity index (χ1) is 6.60. The van der Waals surface area contributed by atoms with Crippen LogP contribution >= 0.6 is 0 Å². The van der Waals surface area contributed by atoms with Gasteiger partial charge in [0, 0.05) is 5.75 Å². The molecule has 0 aromatic carbocycles. The average Bonchev–Trinajstić information content (AvgIpc) is 1.97. The Morgan fingerprint density at radius 2 is 1.80 bits per heavy atom. The molecule has 0 N–H and O–H groups in total. The van der Waals surface area contributed by atoms with Crippen LogP contribution in [0.5, 0.6) is 0 Å². The van der Waals surface area contributed by atoms with Crippen LogP contribution in [0, 0.1) is 10.8 Å². The number of carbonyl (C=O) groups excluding carboxylic acids is 1. The van der Waals surface area contributed by atoms with Gasteiger partial charge in [0.1, 0.15) is 0 Å². The highest BCUT2D eigenvalue weighted by Crippen LogP contribution is 2.34.